The zero-order valence-electron chi connectivity index (χ0n) is 29.3. The van der Waals surface area contributed by atoms with Crippen LogP contribution >= 0.6 is 0 Å². The van der Waals surface area contributed by atoms with E-state index < -0.39 is 47.0 Å². The molecule has 0 saturated carbocycles. The number of carbonyl (C=O) groups is 4. The average molecular weight is 687 g/mol. The largest absolute Gasteiger partial charge is 0.443 e. The zero-order chi connectivity index (χ0) is 36.8. The minimum atomic E-state index is -1.32. The van der Waals surface area contributed by atoms with Crippen molar-refractivity contribution >= 4 is 40.7 Å². The molecule has 0 fully saturated rings. The van der Waals surface area contributed by atoms with Crippen molar-refractivity contribution in [2.75, 3.05) is 33.5 Å². The number of aromatic nitrogens is 3. The highest BCUT2D eigenvalue weighted by Gasteiger charge is 2.28. The lowest BCUT2D eigenvalue weighted by Crippen LogP contribution is -2.37. The number of benzene rings is 1. The molecule has 2 heterocycles. The van der Waals surface area contributed by atoms with Gasteiger partial charge in [0, 0.05) is 46.0 Å². The topological polar surface area (TPSA) is 145 Å². The maximum atomic E-state index is 15.0. The second-order valence-electron chi connectivity index (χ2n) is 13.3. The summed E-state index contributed by atoms with van der Waals surface area (Å²) in [5.74, 6) is -3.40. The number of anilines is 1. The second-order valence-corrected chi connectivity index (χ2v) is 13.3. The average Bonchev–Trinajstić information content (AvgIpc) is 3.34. The fourth-order valence-electron chi connectivity index (χ4n) is 4.65. The number of pyridine rings is 1. The molecule has 0 aliphatic rings. The highest BCUT2D eigenvalue weighted by molar-refractivity contribution is 5.95. The van der Waals surface area contributed by atoms with E-state index in [1.807, 2.05) is 13.8 Å². The van der Waals surface area contributed by atoms with Gasteiger partial charge >= 0.3 is 12.2 Å². The molecule has 2 aromatic heterocycles. The van der Waals surface area contributed by atoms with Crippen molar-refractivity contribution in [2.24, 2.45) is 5.92 Å². The third-order valence-electron chi connectivity index (χ3n) is 6.98. The number of ether oxygens (including phenoxy) is 2. The van der Waals surface area contributed by atoms with Crippen LogP contribution in [0.3, 0.4) is 0 Å². The lowest BCUT2D eigenvalue weighted by atomic mass is 10.0. The molecule has 3 amide bonds. The first-order valence-electron chi connectivity index (χ1n) is 15.7. The van der Waals surface area contributed by atoms with Gasteiger partial charge in [-0.3, -0.25) is 14.4 Å². The van der Waals surface area contributed by atoms with Crippen molar-refractivity contribution in [1.29, 1.82) is 0 Å². The number of hydrogen-bond donors (Lipinski definition) is 1. The molecule has 3 rings (SSSR count). The number of carbonyl (C=O) groups excluding carboxylic acids is 4. The molecule has 13 nitrogen and oxygen atoms in total. The molecule has 15 heteroatoms. The van der Waals surface area contributed by atoms with Crippen LogP contribution in [-0.2, 0) is 32.0 Å². The van der Waals surface area contributed by atoms with Crippen molar-refractivity contribution in [3.05, 3.63) is 69.9 Å². The summed E-state index contributed by atoms with van der Waals surface area (Å²) in [6.07, 6.45) is 1.60. The number of imidazole rings is 1. The van der Waals surface area contributed by atoms with E-state index in [1.54, 1.807) is 40.9 Å². The lowest BCUT2D eigenvalue weighted by molar-refractivity contribution is -0.125. The van der Waals surface area contributed by atoms with Gasteiger partial charge in [-0.05, 0) is 64.2 Å². The molecule has 0 aliphatic carbocycles. The Balaban J connectivity index is 2.01. The van der Waals surface area contributed by atoms with Gasteiger partial charge in [0.2, 0.25) is 5.91 Å². The monoisotopic (exact) mass is 686 g/mol. The van der Waals surface area contributed by atoms with E-state index in [-0.39, 0.29) is 65.7 Å². The normalized spacial score (nSPS) is 12.3. The molecule has 0 bridgehead atoms. The predicted molar refractivity (Wildman–Crippen MR) is 179 cm³/mol. The molecular formula is C34H44F2N6O7. The number of hydrogen-bond acceptors (Lipinski definition) is 8. The van der Waals surface area contributed by atoms with Crippen LogP contribution in [0.5, 0.6) is 0 Å². The van der Waals surface area contributed by atoms with E-state index in [2.05, 4.69) is 10.3 Å². The Morgan fingerprint density at radius 3 is 2.35 bits per heavy atom. The lowest BCUT2D eigenvalue weighted by Gasteiger charge is -2.21. The van der Waals surface area contributed by atoms with Gasteiger partial charge in [0.1, 0.15) is 17.1 Å². The van der Waals surface area contributed by atoms with Crippen LogP contribution in [0.25, 0.3) is 11.0 Å². The highest BCUT2D eigenvalue weighted by atomic mass is 19.2. The maximum Gasteiger partial charge on any atom is 0.420 e. The van der Waals surface area contributed by atoms with Gasteiger partial charge in [-0.2, -0.15) is 0 Å². The van der Waals surface area contributed by atoms with Gasteiger partial charge in [0.25, 0.3) is 11.5 Å². The van der Waals surface area contributed by atoms with Crippen LogP contribution in [-0.4, -0.2) is 87.8 Å². The smallest absolute Gasteiger partial charge is 0.420 e. The minimum Gasteiger partial charge on any atom is -0.443 e. The Morgan fingerprint density at radius 2 is 1.76 bits per heavy atom. The van der Waals surface area contributed by atoms with Crippen LogP contribution < -0.4 is 10.9 Å². The zero-order valence-corrected chi connectivity index (χ0v) is 29.3. The molecule has 0 aliphatic heterocycles. The number of halogens is 2. The molecule has 0 unspecified atom stereocenters. The van der Waals surface area contributed by atoms with Crippen LogP contribution in [0.15, 0.2) is 41.3 Å². The van der Waals surface area contributed by atoms with Crippen molar-refractivity contribution in [2.45, 2.75) is 72.1 Å². The third kappa shape index (κ3) is 9.97. The van der Waals surface area contributed by atoms with Gasteiger partial charge < -0.3 is 29.2 Å². The van der Waals surface area contributed by atoms with E-state index in [0.717, 1.165) is 20.1 Å². The Kier molecular flexibility index (Phi) is 12.4. The molecule has 0 spiro atoms. The van der Waals surface area contributed by atoms with E-state index in [0.29, 0.717) is 0 Å². The number of likely N-dealkylation sites (N-methyl/N-ethyl adjacent to an activating group) is 1. The summed E-state index contributed by atoms with van der Waals surface area (Å²) in [5.41, 5.74) is -1.81. The Morgan fingerprint density at radius 1 is 1.08 bits per heavy atom. The van der Waals surface area contributed by atoms with Crippen LogP contribution in [0.2, 0.25) is 0 Å². The number of nitrogens with one attached hydrogen (secondary N) is 1. The van der Waals surface area contributed by atoms with E-state index >= 15 is 4.39 Å². The molecule has 0 radical (unpaired) electrons. The second kappa shape index (κ2) is 15.9. The van der Waals surface area contributed by atoms with Crippen molar-refractivity contribution in [3.63, 3.8) is 0 Å². The first-order valence-corrected chi connectivity index (χ1v) is 15.7. The van der Waals surface area contributed by atoms with Gasteiger partial charge in [0.05, 0.1) is 17.6 Å². The molecule has 0 saturated heterocycles. The van der Waals surface area contributed by atoms with Crippen LogP contribution in [0, 0.1) is 17.6 Å². The Bertz CT molecular complexity index is 1800. The Labute approximate surface area is 283 Å². The summed E-state index contributed by atoms with van der Waals surface area (Å²) in [6.45, 7) is 8.26. The fourth-order valence-corrected chi connectivity index (χ4v) is 4.65. The molecular weight excluding hydrogens is 642 g/mol. The van der Waals surface area contributed by atoms with Gasteiger partial charge in [-0.25, -0.2) is 27.9 Å². The van der Waals surface area contributed by atoms with Gasteiger partial charge in [0.15, 0.2) is 17.7 Å². The maximum absolute atomic E-state index is 15.0. The Hall–Kier alpha value is -5.08. The number of nitrogens with zero attached hydrogens (tertiary/aromatic N) is 5. The first kappa shape index (κ1) is 38.4. The molecule has 49 heavy (non-hydrogen) atoms. The SMILES string of the molecule is CC(C)Cc1c(F)c(F)cc2c1nc(Cn1cccc(NC(=O)[C@H](CC/C=C/C(=O)N(C)C)OC(=O)N(C)C)c1=O)n2C(=O)OC(C)(C)C. The summed E-state index contributed by atoms with van der Waals surface area (Å²) < 4.78 is 43.0. The molecule has 1 atom stereocenters. The van der Waals surface area contributed by atoms with Crippen LogP contribution in [0.4, 0.5) is 24.1 Å². The number of amides is 3. The summed E-state index contributed by atoms with van der Waals surface area (Å²) in [4.78, 5) is 71.5. The van der Waals surface area contributed by atoms with Gasteiger partial charge in [-0.1, -0.05) is 19.9 Å². The van der Waals surface area contributed by atoms with Crippen LogP contribution in [0.1, 0.15) is 58.8 Å². The quantitative estimate of drug-likeness (QED) is 0.280. The minimum absolute atomic E-state index is 0.00931. The standard InChI is InChI=1S/C34H44F2N6O7/c1-20(2)17-21-28(36)22(35)18-24-29(21)38-26(42(24)33(47)49-34(3,4)5)19-41-16-12-13-23(31(41)45)37-30(44)25(48-32(46)40(8)9)14-10-11-15-27(43)39(6)7/h11-13,15-16,18,20,25H,10,14,17,19H2,1-9H3,(H,37,44)/b15-11+/t25-/m0/s1. The first-order chi connectivity index (χ1) is 22.8. The molecule has 1 aromatic carbocycles. The number of fused-ring (bicyclic) bond motifs is 1. The summed E-state index contributed by atoms with van der Waals surface area (Å²) in [5, 5.41) is 2.50. The van der Waals surface area contributed by atoms with Crippen molar-refractivity contribution < 1.29 is 37.4 Å². The summed E-state index contributed by atoms with van der Waals surface area (Å²) in [6, 6.07) is 3.69. The van der Waals surface area contributed by atoms with Crippen molar-refractivity contribution in [1.82, 2.24) is 23.9 Å². The van der Waals surface area contributed by atoms with Crippen molar-refractivity contribution in [3.8, 4) is 0 Å². The summed E-state index contributed by atoms with van der Waals surface area (Å²) >= 11 is 0. The number of allylic oxidation sites excluding steroid dienone is 1. The third-order valence-corrected chi connectivity index (χ3v) is 6.98. The summed E-state index contributed by atoms with van der Waals surface area (Å²) in [7, 11) is 6.07. The number of rotatable bonds is 11. The van der Waals surface area contributed by atoms with E-state index in [4.69, 9.17) is 9.47 Å². The van der Waals surface area contributed by atoms with Gasteiger partial charge in [-0.15, -0.1) is 0 Å². The highest BCUT2D eigenvalue weighted by Crippen LogP contribution is 2.28. The van der Waals surface area contributed by atoms with E-state index in [1.165, 1.54) is 43.4 Å². The molecule has 266 valence electrons. The van der Waals surface area contributed by atoms with E-state index in [9.17, 15) is 28.4 Å². The predicted octanol–water partition coefficient (Wildman–Crippen LogP) is 4.94. The molecule has 3 aromatic rings. The molecule has 1 N–H and O–H groups in total. The fraction of sp³-hybridized carbons (Fsp3) is 0.471.